The average Bonchev–Trinajstić information content (AvgIpc) is 3.46. The number of benzene rings is 2. The fourth-order valence-corrected chi connectivity index (χ4v) is 5.20. The van der Waals surface area contributed by atoms with Gasteiger partial charge in [0.25, 0.3) is 0 Å². The average molecular weight is 632 g/mol. The Kier molecular flexibility index (Phi) is 12.9. The van der Waals surface area contributed by atoms with E-state index in [2.05, 4.69) is 5.32 Å². The van der Waals surface area contributed by atoms with Crippen LogP contribution in [0.1, 0.15) is 56.0 Å². The minimum Gasteiger partial charge on any atom is -0.465 e. The summed E-state index contributed by atoms with van der Waals surface area (Å²) in [5, 5.41) is 14.3. The third-order valence-corrected chi connectivity index (χ3v) is 7.30. The SMILES string of the molecule is CC(C)(C)OC(=O)N[C@@H](CCCCN(Cc1ccccc1)C(=O)O)C(=O)N(Cc1cccs1)Cc1ccccc1OC(F)F. The first-order chi connectivity index (χ1) is 20.9. The van der Waals surface area contributed by atoms with Crippen LogP contribution >= 0.6 is 11.3 Å². The molecule has 3 rings (SSSR count). The molecule has 1 heterocycles. The summed E-state index contributed by atoms with van der Waals surface area (Å²) >= 11 is 1.44. The van der Waals surface area contributed by atoms with Crippen LogP contribution in [0.2, 0.25) is 0 Å². The summed E-state index contributed by atoms with van der Waals surface area (Å²) in [5.74, 6) is -0.481. The van der Waals surface area contributed by atoms with Gasteiger partial charge < -0.3 is 29.7 Å². The molecular formula is C32H39F2N3O6S. The Bertz CT molecular complexity index is 1340. The van der Waals surface area contributed by atoms with E-state index in [4.69, 9.17) is 9.47 Å². The molecule has 3 aromatic rings. The van der Waals surface area contributed by atoms with E-state index in [0.717, 1.165) is 10.4 Å². The van der Waals surface area contributed by atoms with Crippen LogP contribution in [-0.2, 0) is 29.2 Å². The van der Waals surface area contributed by atoms with E-state index in [-0.39, 0.29) is 38.3 Å². The molecule has 0 unspecified atom stereocenters. The molecule has 0 aliphatic heterocycles. The number of carbonyl (C=O) groups is 3. The molecule has 2 aromatic carbocycles. The first kappa shape index (κ1) is 34.3. The van der Waals surface area contributed by atoms with Crippen LogP contribution in [0.15, 0.2) is 72.1 Å². The van der Waals surface area contributed by atoms with Gasteiger partial charge in [0.1, 0.15) is 17.4 Å². The maximum atomic E-state index is 14.1. The lowest BCUT2D eigenvalue weighted by Gasteiger charge is -2.29. The third kappa shape index (κ3) is 11.8. The summed E-state index contributed by atoms with van der Waals surface area (Å²) in [4.78, 5) is 42.4. The largest absolute Gasteiger partial charge is 0.465 e. The van der Waals surface area contributed by atoms with Crippen molar-refractivity contribution >= 4 is 29.4 Å². The predicted molar refractivity (Wildman–Crippen MR) is 164 cm³/mol. The van der Waals surface area contributed by atoms with E-state index < -0.39 is 36.3 Å². The number of amides is 3. The van der Waals surface area contributed by atoms with E-state index in [9.17, 15) is 28.3 Å². The number of thiophene rings is 1. The fourth-order valence-electron chi connectivity index (χ4n) is 4.48. The standard InChI is InChI=1S/C32H39F2N3O6S/c1-32(2,3)43-30(39)35-26(16-9-10-18-36(31(40)41)20-23-12-5-4-6-13-23)28(38)37(22-25-15-11-19-44-25)21-24-14-7-8-17-27(24)42-29(33)34/h4-8,11-15,17,19,26,29H,9-10,16,18,20-22H2,1-3H3,(H,35,39)(H,40,41)/t26-/m0/s1. The van der Waals surface area contributed by atoms with Crippen molar-refractivity contribution in [2.75, 3.05) is 6.54 Å². The zero-order valence-electron chi connectivity index (χ0n) is 25.1. The zero-order chi connectivity index (χ0) is 32.1. The summed E-state index contributed by atoms with van der Waals surface area (Å²) < 4.78 is 36.3. The van der Waals surface area contributed by atoms with Gasteiger partial charge in [0.05, 0.1) is 6.54 Å². The van der Waals surface area contributed by atoms with Crippen LogP contribution in [-0.4, -0.2) is 57.8 Å². The molecule has 0 saturated heterocycles. The predicted octanol–water partition coefficient (Wildman–Crippen LogP) is 7.12. The van der Waals surface area contributed by atoms with Gasteiger partial charge in [0.2, 0.25) is 5.91 Å². The molecule has 0 fully saturated rings. The van der Waals surface area contributed by atoms with Gasteiger partial charge >= 0.3 is 18.8 Å². The van der Waals surface area contributed by atoms with Crippen molar-refractivity contribution in [3.8, 4) is 5.75 Å². The number of rotatable bonds is 15. The molecule has 0 bridgehead atoms. The van der Waals surface area contributed by atoms with Crippen molar-refractivity contribution in [1.82, 2.24) is 15.1 Å². The highest BCUT2D eigenvalue weighted by Gasteiger charge is 2.29. The third-order valence-electron chi connectivity index (χ3n) is 6.44. The van der Waals surface area contributed by atoms with Gasteiger partial charge in [-0.2, -0.15) is 8.78 Å². The van der Waals surface area contributed by atoms with Gasteiger partial charge in [-0.25, -0.2) is 9.59 Å². The highest BCUT2D eigenvalue weighted by Crippen LogP contribution is 2.25. The van der Waals surface area contributed by atoms with E-state index >= 15 is 0 Å². The van der Waals surface area contributed by atoms with Crippen LogP contribution in [0.3, 0.4) is 0 Å². The molecule has 2 N–H and O–H groups in total. The number of alkyl carbamates (subject to hydrolysis) is 1. The minimum absolute atomic E-state index is 0.0456. The van der Waals surface area contributed by atoms with Crippen LogP contribution in [0.5, 0.6) is 5.75 Å². The van der Waals surface area contributed by atoms with Gasteiger partial charge in [-0.05, 0) is 63.1 Å². The van der Waals surface area contributed by atoms with Gasteiger partial charge in [-0.15, -0.1) is 11.3 Å². The second-order valence-electron chi connectivity index (χ2n) is 11.1. The number of ether oxygens (including phenoxy) is 2. The van der Waals surface area contributed by atoms with Gasteiger partial charge in [0, 0.05) is 30.1 Å². The van der Waals surface area contributed by atoms with Gasteiger partial charge in [-0.1, -0.05) is 54.6 Å². The molecule has 44 heavy (non-hydrogen) atoms. The first-order valence-electron chi connectivity index (χ1n) is 14.3. The molecule has 0 aliphatic carbocycles. The number of nitrogens with one attached hydrogen (secondary N) is 1. The second kappa shape index (κ2) is 16.6. The second-order valence-corrected chi connectivity index (χ2v) is 12.2. The topological polar surface area (TPSA) is 108 Å². The summed E-state index contributed by atoms with van der Waals surface area (Å²) in [6.07, 6.45) is -0.769. The molecule has 12 heteroatoms. The van der Waals surface area contributed by atoms with Crippen LogP contribution in [0.4, 0.5) is 18.4 Å². The molecule has 9 nitrogen and oxygen atoms in total. The Morgan fingerprint density at radius 1 is 0.909 bits per heavy atom. The van der Waals surface area contributed by atoms with E-state index in [1.165, 1.54) is 27.2 Å². The van der Waals surface area contributed by atoms with Crippen molar-refractivity contribution in [3.05, 3.63) is 88.1 Å². The number of carboxylic acid groups (broad SMARTS) is 1. The molecule has 0 radical (unpaired) electrons. The number of hydrogen-bond acceptors (Lipinski definition) is 6. The van der Waals surface area contributed by atoms with Gasteiger partial charge in [-0.3, -0.25) is 4.79 Å². The van der Waals surface area contributed by atoms with Crippen molar-refractivity contribution in [3.63, 3.8) is 0 Å². The Morgan fingerprint density at radius 3 is 2.25 bits per heavy atom. The van der Waals surface area contributed by atoms with Crippen molar-refractivity contribution in [2.45, 2.75) is 77.9 Å². The maximum absolute atomic E-state index is 14.1. The Labute approximate surface area is 260 Å². The number of unbranched alkanes of at least 4 members (excludes halogenated alkanes) is 1. The van der Waals surface area contributed by atoms with Crippen LogP contribution in [0, 0.1) is 0 Å². The van der Waals surface area contributed by atoms with E-state index in [0.29, 0.717) is 18.4 Å². The molecule has 0 saturated carbocycles. The number of carbonyl (C=O) groups excluding carboxylic acids is 2. The molecular weight excluding hydrogens is 592 g/mol. The molecule has 0 aliphatic rings. The lowest BCUT2D eigenvalue weighted by atomic mass is 10.1. The monoisotopic (exact) mass is 631 g/mol. The quantitative estimate of drug-likeness (QED) is 0.173. The maximum Gasteiger partial charge on any atom is 0.408 e. The Morgan fingerprint density at radius 2 is 1.61 bits per heavy atom. The highest BCUT2D eigenvalue weighted by atomic mass is 32.1. The number of para-hydroxylation sites is 1. The molecule has 1 aromatic heterocycles. The Hall–Kier alpha value is -4.19. The normalized spacial score (nSPS) is 12.0. The summed E-state index contributed by atoms with van der Waals surface area (Å²) in [6, 6.07) is 18.2. The summed E-state index contributed by atoms with van der Waals surface area (Å²) in [6.45, 7) is 2.68. The number of halogens is 2. The van der Waals surface area contributed by atoms with Crippen molar-refractivity contribution < 1.29 is 37.7 Å². The molecule has 0 spiro atoms. The summed E-state index contributed by atoms with van der Waals surface area (Å²) in [5.41, 5.74) is 0.431. The van der Waals surface area contributed by atoms with Crippen LogP contribution in [0.25, 0.3) is 0 Å². The summed E-state index contributed by atoms with van der Waals surface area (Å²) in [7, 11) is 0. The zero-order valence-corrected chi connectivity index (χ0v) is 25.9. The van der Waals surface area contributed by atoms with E-state index in [1.54, 1.807) is 39.0 Å². The van der Waals surface area contributed by atoms with Gasteiger partial charge in [0.15, 0.2) is 0 Å². The first-order valence-corrected chi connectivity index (χ1v) is 15.1. The molecule has 1 atom stereocenters. The fraction of sp³-hybridized carbons (Fsp3) is 0.406. The minimum atomic E-state index is -3.04. The molecule has 238 valence electrons. The molecule has 3 amide bonds. The van der Waals surface area contributed by atoms with Crippen LogP contribution < -0.4 is 10.1 Å². The van der Waals surface area contributed by atoms with E-state index in [1.807, 2.05) is 47.8 Å². The van der Waals surface area contributed by atoms with Crippen molar-refractivity contribution in [1.29, 1.82) is 0 Å². The lowest BCUT2D eigenvalue weighted by molar-refractivity contribution is -0.135. The number of hydrogen-bond donors (Lipinski definition) is 2. The highest BCUT2D eigenvalue weighted by molar-refractivity contribution is 7.09. The smallest absolute Gasteiger partial charge is 0.408 e. The Balaban J connectivity index is 1.78. The number of nitrogens with zero attached hydrogens (tertiary/aromatic N) is 2. The number of alkyl halides is 2. The lowest BCUT2D eigenvalue weighted by Crippen LogP contribution is -2.49. The van der Waals surface area contributed by atoms with Crippen molar-refractivity contribution in [2.24, 2.45) is 0 Å².